The van der Waals surface area contributed by atoms with E-state index in [0.717, 1.165) is 34.1 Å². The van der Waals surface area contributed by atoms with E-state index in [1.165, 1.54) is 13.1 Å². The summed E-state index contributed by atoms with van der Waals surface area (Å²) in [6.45, 7) is 1.46. The van der Waals surface area contributed by atoms with Crippen molar-refractivity contribution in [2.24, 2.45) is 4.40 Å². The molecule has 0 radical (unpaired) electrons. The maximum absolute atomic E-state index is 12.7. The van der Waals surface area contributed by atoms with Crippen LogP contribution in [0.25, 0.3) is 0 Å². The lowest BCUT2D eigenvalue weighted by molar-refractivity contribution is -0.137. The van der Waals surface area contributed by atoms with E-state index in [1.807, 2.05) is 30.3 Å². The van der Waals surface area contributed by atoms with E-state index in [2.05, 4.69) is 9.71 Å². The minimum Gasteiger partial charge on any atom is -0.322 e. The van der Waals surface area contributed by atoms with E-state index in [4.69, 9.17) is 0 Å². The van der Waals surface area contributed by atoms with Gasteiger partial charge in [-0.15, -0.1) is 4.40 Å². The largest absolute Gasteiger partial charge is 0.416 e. The van der Waals surface area contributed by atoms with Crippen LogP contribution in [0.4, 0.5) is 18.9 Å². The van der Waals surface area contributed by atoms with Crippen molar-refractivity contribution >= 4 is 27.5 Å². The van der Waals surface area contributed by atoms with Crippen LogP contribution in [0.1, 0.15) is 18.1 Å². The Morgan fingerprint density at radius 2 is 1.70 bits per heavy atom. The molecule has 0 saturated heterocycles. The number of nitrogens with zero attached hydrogens (tertiary/aromatic N) is 2. The number of amides is 1. The molecule has 0 aromatic heterocycles. The summed E-state index contributed by atoms with van der Waals surface area (Å²) in [7, 11) is -3.96. The minimum atomic E-state index is -4.48. The van der Waals surface area contributed by atoms with Gasteiger partial charge in [0, 0.05) is 18.4 Å². The van der Waals surface area contributed by atoms with Gasteiger partial charge in [0.15, 0.2) is 0 Å². The highest BCUT2D eigenvalue weighted by atomic mass is 32.2. The van der Waals surface area contributed by atoms with Gasteiger partial charge in [-0.25, -0.2) is 0 Å². The van der Waals surface area contributed by atoms with Crippen LogP contribution in [0.3, 0.4) is 0 Å². The first-order valence-corrected chi connectivity index (χ1v) is 10.3. The van der Waals surface area contributed by atoms with Crippen molar-refractivity contribution in [1.29, 1.82) is 0 Å². The molecule has 30 heavy (non-hydrogen) atoms. The fourth-order valence-electron chi connectivity index (χ4n) is 2.81. The van der Waals surface area contributed by atoms with Gasteiger partial charge in [-0.3, -0.25) is 9.10 Å². The first-order chi connectivity index (χ1) is 14.1. The van der Waals surface area contributed by atoms with Gasteiger partial charge in [-0.05, 0) is 43.2 Å². The summed E-state index contributed by atoms with van der Waals surface area (Å²) in [5, 5.41) is 2.47. The fourth-order valence-corrected chi connectivity index (χ4v) is 3.92. The number of halogens is 3. The number of hydrogen-bond donors (Lipinski definition) is 1. The van der Waals surface area contributed by atoms with Gasteiger partial charge in [0.2, 0.25) is 0 Å². The van der Waals surface area contributed by atoms with Crippen LogP contribution < -0.4 is 5.32 Å². The van der Waals surface area contributed by atoms with Gasteiger partial charge < -0.3 is 5.32 Å². The molecule has 1 N–H and O–H groups in total. The van der Waals surface area contributed by atoms with E-state index in [0.29, 0.717) is 6.42 Å². The average molecular weight is 437 g/mol. The molecule has 1 heterocycles. The zero-order chi connectivity index (χ0) is 21.9. The van der Waals surface area contributed by atoms with E-state index < -0.39 is 27.9 Å². The molecule has 2 aromatic rings. The summed E-state index contributed by atoms with van der Waals surface area (Å²) in [5.74, 6) is -0.671. The number of nitrogens with one attached hydrogen (secondary N) is 1. The fraction of sp³-hybridized carbons (Fsp3) is 0.200. The highest BCUT2D eigenvalue weighted by Gasteiger charge is 2.30. The standard InChI is InChI=1S/C20H18F3N3O3S/c1-14-18(19(27)24-17-9-7-16(8-10-17)20(21,22)23)13-26(30(28,29)25-14)12-11-15-5-3-2-4-6-15/h2-10,13H,11-12H2,1H3,(H,24,27). The second-order valence-corrected chi connectivity index (χ2v) is 8.12. The first kappa shape index (κ1) is 21.6. The van der Waals surface area contributed by atoms with Gasteiger partial charge in [0.1, 0.15) is 0 Å². The molecule has 0 bridgehead atoms. The third-order valence-electron chi connectivity index (χ3n) is 4.39. The first-order valence-electron chi connectivity index (χ1n) is 8.89. The van der Waals surface area contributed by atoms with Crippen molar-refractivity contribution in [1.82, 2.24) is 4.31 Å². The molecule has 0 spiro atoms. The van der Waals surface area contributed by atoms with Crippen LogP contribution in [-0.2, 0) is 27.6 Å². The highest BCUT2D eigenvalue weighted by Crippen LogP contribution is 2.30. The lowest BCUT2D eigenvalue weighted by atomic mass is 10.1. The SMILES string of the molecule is CC1=NS(=O)(=O)N(CCc2ccccc2)C=C1C(=O)Nc1ccc(C(F)(F)F)cc1. The Morgan fingerprint density at radius 3 is 2.30 bits per heavy atom. The van der Waals surface area contributed by atoms with Crippen molar-refractivity contribution in [3.63, 3.8) is 0 Å². The highest BCUT2D eigenvalue weighted by molar-refractivity contribution is 7.88. The number of carbonyl (C=O) groups is 1. The third kappa shape index (κ3) is 5.07. The van der Waals surface area contributed by atoms with Gasteiger partial charge in [-0.2, -0.15) is 21.6 Å². The van der Waals surface area contributed by atoms with Crippen LogP contribution in [0.5, 0.6) is 0 Å². The van der Waals surface area contributed by atoms with E-state index >= 15 is 0 Å². The topological polar surface area (TPSA) is 78.8 Å². The quantitative estimate of drug-likeness (QED) is 0.773. The van der Waals surface area contributed by atoms with Crippen molar-refractivity contribution in [3.05, 3.63) is 77.5 Å². The molecule has 1 aliphatic heterocycles. The molecule has 2 aromatic carbocycles. The van der Waals surface area contributed by atoms with Crippen LogP contribution in [0.2, 0.25) is 0 Å². The Balaban J connectivity index is 1.76. The number of carbonyl (C=O) groups excluding carboxylic acids is 1. The summed E-state index contributed by atoms with van der Waals surface area (Å²) >= 11 is 0. The lowest BCUT2D eigenvalue weighted by Gasteiger charge is -2.23. The Hall–Kier alpha value is -3.14. The molecule has 0 atom stereocenters. The van der Waals surface area contributed by atoms with Crippen LogP contribution >= 0.6 is 0 Å². The Labute approximate surface area is 171 Å². The van der Waals surface area contributed by atoms with Crippen LogP contribution in [0, 0.1) is 0 Å². The number of anilines is 1. The number of rotatable bonds is 5. The third-order valence-corrected chi connectivity index (χ3v) is 5.78. The molecular formula is C20H18F3N3O3S. The van der Waals surface area contributed by atoms with Gasteiger partial charge in [0.25, 0.3) is 5.91 Å². The van der Waals surface area contributed by atoms with Crippen LogP contribution in [-0.4, -0.2) is 30.9 Å². The number of benzene rings is 2. The molecule has 1 aliphatic rings. The predicted octanol–water partition coefficient (Wildman–Crippen LogP) is 3.79. The summed E-state index contributed by atoms with van der Waals surface area (Å²) in [4.78, 5) is 12.6. The minimum absolute atomic E-state index is 0.00428. The molecule has 6 nitrogen and oxygen atoms in total. The molecule has 0 unspecified atom stereocenters. The Bertz CT molecular complexity index is 1090. The lowest BCUT2D eigenvalue weighted by Crippen LogP contribution is -2.34. The monoisotopic (exact) mass is 437 g/mol. The zero-order valence-electron chi connectivity index (χ0n) is 15.8. The van der Waals surface area contributed by atoms with E-state index in [1.54, 1.807) is 0 Å². The summed E-state index contributed by atoms with van der Waals surface area (Å²) in [6, 6.07) is 13.2. The predicted molar refractivity (Wildman–Crippen MR) is 107 cm³/mol. The van der Waals surface area contributed by atoms with Crippen molar-refractivity contribution in [2.45, 2.75) is 19.5 Å². The molecule has 3 rings (SSSR count). The van der Waals surface area contributed by atoms with Gasteiger partial charge in [-0.1, -0.05) is 30.3 Å². The summed E-state index contributed by atoms with van der Waals surface area (Å²) in [5.41, 5.74) is 0.232. The Kier molecular flexibility index (Phi) is 5.97. The molecular weight excluding hydrogens is 419 g/mol. The van der Waals surface area contributed by atoms with Gasteiger partial charge in [0.05, 0.1) is 16.8 Å². The number of hydrogen-bond acceptors (Lipinski definition) is 3. The van der Waals surface area contributed by atoms with Crippen LogP contribution in [0.15, 0.2) is 70.8 Å². The molecule has 1 amide bonds. The van der Waals surface area contributed by atoms with E-state index in [9.17, 15) is 26.4 Å². The maximum atomic E-state index is 12.7. The van der Waals surface area contributed by atoms with Crippen molar-refractivity contribution in [2.75, 3.05) is 11.9 Å². The summed E-state index contributed by atoms with van der Waals surface area (Å²) < 4.78 is 67.3. The van der Waals surface area contributed by atoms with Gasteiger partial charge >= 0.3 is 16.4 Å². The molecule has 158 valence electrons. The van der Waals surface area contributed by atoms with E-state index in [-0.39, 0.29) is 23.5 Å². The second kappa shape index (κ2) is 8.31. The molecule has 0 aliphatic carbocycles. The second-order valence-electron chi connectivity index (χ2n) is 6.57. The zero-order valence-corrected chi connectivity index (χ0v) is 16.7. The van der Waals surface area contributed by atoms with Crippen molar-refractivity contribution < 1.29 is 26.4 Å². The normalized spacial score (nSPS) is 15.9. The molecule has 10 heteroatoms. The molecule has 0 saturated carbocycles. The average Bonchev–Trinajstić information content (AvgIpc) is 2.67. The molecule has 0 fully saturated rings. The number of alkyl halides is 3. The smallest absolute Gasteiger partial charge is 0.322 e. The Morgan fingerprint density at radius 1 is 1.07 bits per heavy atom. The maximum Gasteiger partial charge on any atom is 0.416 e. The summed E-state index contributed by atoms with van der Waals surface area (Å²) in [6.07, 6.45) is -2.87. The van der Waals surface area contributed by atoms with Crippen molar-refractivity contribution in [3.8, 4) is 0 Å².